The molecule has 2 aliphatic carbocycles. The zero-order valence-electron chi connectivity index (χ0n) is 19.4. The van der Waals surface area contributed by atoms with E-state index in [4.69, 9.17) is 4.98 Å². The van der Waals surface area contributed by atoms with Gasteiger partial charge in [-0.05, 0) is 101 Å². The molecule has 4 aliphatic rings. The Morgan fingerprint density at radius 1 is 1.06 bits per heavy atom. The number of benzene rings is 1. The first-order chi connectivity index (χ1) is 16.4. The predicted molar refractivity (Wildman–Crippen MR) is 138 cm³/mol. The zero-order chi connectivity index (χ0) is 23.6. The van der Waals surface area contributed by atoms with Crippen LogP contribution in [0.5, 0.6) is 0 Å². The number of carbonyl (C=O) groups excluding carboxylic acids is 2. The lowest BCUT2D eigenvalue weighted by molar-refractivity contribution is -0.138. The maximum absolute atomic E-state index is 13.0. The summed E-state index contributed by atoms with van der Waals surface area (Å²) in [6, 6.07) is 6.88. The Morgan fingerprint density at radius 2 is 1.79 bits per heavy atom. The lowest BCUT2D eigenvalue weighted by Gasteiger charge is -2.28. The molecule has 1 aromatic heterocycles. The highest BCUT2D eigenvalue weighted by molar-refractivity contribution is 9.10. The Labute approximate surface area is 217 Å². The highest BCUT2D eigenvalue weighted by Crippen LogP contribution is 2.69. The van der Waals surface area contributed by atoms with E-state index in [1.165, 1.54) is 32.4 Å². The Morgan fingerprint density at radius 3 is 2.50 bits per heavy atom. The summed E-state index contributed by atoms with van der Waals surface area (Å²) in [5, 5.41) is 0. The fraction of sp³-hybridized carbons (Fsp3) is 0.519. The summed E-state index contributed by atoms with van der Waals surface area (Å²) in [6.07, 6.45) is 7.37. The van der Waals surface area contributed by atoms with E-state index in [9.17, 15) is 9.59 Å². The van der Waals surface area contributed by atoms with E-state index in [0.29, 0.717) is 18.3 Å². The Kier molecular flexibility index (Phi) is 5.64. The second kappa shape index (κ2) is 8.44. The van der Waals surface area contributed by atoms with Crippen molar-refractivity contribution in [1.29, 1.82) is 0 Å². The van der Waals surface area contributed by atoms with E-state index in [2.05, 4.69) is 57.0 Å². The molecule has 2 saturated heterocycles. The standard InChI is InChI=1S/C27H29Br2N3O2/c1-16-11-17-4-5-18-13-19(28)14-30-26(18)27(25(17)22(29)12-16)20-6-9-31(10-7-21(20)27)24(34)15-32-8-2-3-23(32)33/h11-14,20-21H,2-10,15H2,1H3. The van der Waals surface area contributed by atoms with Crippen molar-refractivity contribution < 1.29 is 9.59 Å². The van der Waals surface area contributed by atoms with E-state index in [1.807, 2.05) is 11.1 Å². The first-order valence-electron chi connectivity index (χ1n) is 12.4. The van der Waals surface area contributed by atoms with Crippen LogP contribution in [0.25, 0.3) is 0 Å². The second-order valence-electron chi connectivity index (χ2n) is 10.4. The largest absolute Gasteiger partial charge is 0.341 e. The summed E-state index contributed by atoms with van der Waals surface area (Å²) in [4.78, 5) is 33.8. The first kappa shape index (κ1) is 22.7. The fourth-order valence-corrected chi connectivity index (χ4v) is 8.43. The number of aryl methyl sites for hydroxylation is 3. The number of halogens is 2. The minimum atomic E-state index is -0.0749. The number of amides is 2. The molecule has 34 heavy (non-hydrogen) atoms. The second-order valence-corrected chi connectivity index (χ2v) is 12.2. The number of fused-ring (bicyclic) bond motifs is 7. The number of aromatic nitrogens is 1. The van der Waals surface area contributed by atoms with Crippen LogP contribution in [-0.2, 0) is 27.8 Å². The first-order valence-corrected chi connectivity index (χ1v) is 14.0. The zero-order valence-corrected chi connectivity index (χ0v) is 22.6. The third-order valence-corrected chi connectivity index (χ3v) is 9.59. The van der Waals surface area contributed by atoms with Gasteiger partial charge < -0.3 is 9.80 Å². The van der Waals surface area contributed by atoms with E-state index in [0.717, 1.165) is 56.2 Å². The molecule has 5 nitrogen and oxygen atoms in total. The molecule has 0 N–H and O–H groups in total. The number of rotatable bonds is 2. The number of carbonyl (C=O) groups is 2. The average molecular weight is 587 g/mol. The fourth-order valence-electron chi connectivity index (χ4n) is 7.11. The van der Waals surface area contributed by atoms with Gasteiger partial charge >= 0.3 is 0 Å². The summed E-state index contributed by atoms with van der Waals surface area (Å²) in [6.45, 7) is 4.65. The van der Waals surface area contributed by atoms with Gasteiger partial charge in [-0.3, -0.25) is 14.6 Å². The molecule has 3 fully saturated rings. The molecule has 178 valence electrons. The van der Waals surface area contributed by atoms with Gasteiger partial charge in [0.15, 0.2) is 0 Å². The molecule has 1 aromatic carbocycles. The average Bonchev–Trinajstić information content (AvgIpc) is 3.36. The van der Waals surface area contributed by atoms with Gasteiger partial charge in [0, 0.05) is 46.6 Å². The van der Waals surface area contributed by atoms with Crippen molar-refractivity contribution in [1.82, 2.24) is 14.8 Å². The Hall–Kier alpha value is -1.73. The minimum absolute atomic E-state index is 0.0749. The summed E-state index contributed by atoms with van der Waals surface area (Å²) >= 11 is 7.60. The Balaban J connectivity index is 1.33. The van der Waals surface area contributed by atoms with Crippen LogP contribution in [0.1, 0.15) is 53.6 Å². The van der Waals surface area contributed by atoms with Crippen molar-refractivity contribution in [3.05, 3.63) is 61.3 Å². The predicted octanol–water partition coefficient (Wildman–Crippen LogP) is 4.79. The van der Waals surface area contributed by atoms with E-state index < -0.39 is 0 Å². The van der Waals surface area contributed by atoms with Gasteiger partial charge in [-0.1, -0.05) is 22.0 Å². The molecule has 1 saturated carbocycles. The topological polar surface area (TPSA) is 53.5 Å². The van der Waals surface area contributed by atoms with E-state index >= 15 is 0 Å². The van der Waals surface area contributed by atoms with Crippen molar-refractivity contribution in [3.8, 4) is 0 Å². The number of hydrogen-bond donors (Lipinski definition) is 0. The third-order valence-electron chi connectivity index (χ3n) is 8.54. The number of likely N-dealkylation sites (tertiary alicyclic amines) is 2. The SMILES string of the molecule is Cc1cc(Br)c2c(c1)CCc1cc(Br)cnc1C21C2CCN(C(=O)CN3CCCC3=O)CCC21. The van der Waals surface area contributed by atoms with Gasteiger partial charge in [-0.15, -0.1) is 0 Å². The normalized spacial score (nSPS) is 27.7. The molecule has 0 radical (unpaired) electrons. The highest BCUT2D eigenvalue weighted by atomic mass is 79.9. The summed E-state index contributed by atoms with van der Waals surface area (Å²) in [5.74, 6) is 1.17. The maximum Gasteiger partial charge on any atom is 0.242 e. The molecule has 0 bridgehead atoms. The van der Waals surface area contributed by atoms with Gasteiger partial charge in [0.25, 0.3) is 0 Å². The highest BCUT2D eigenvalue weighted by Gasteiger charge is 2.68. The van der Waals surface area contributed by atoms with Crippen LogP contribution >= 0.6 is 31.9 Å². The smallest absolute Gasteiger partial charge is 0.242 e. The molecule has 1 spiro atoms. The van der Waals surface area contributed by atoms with Crippen LogP contribution in [0.15, 0.2) is 33.3 Å². The van der Waals surface area contributed by atoms with Crippen LogP contribution < -0.4 is 0 Å². The third kappa shape index (κ3) is 3.48. The summed E-state index contributed by atoms with van der Waals surface area (Å²) < 4.78 is 2.24. The number of pyridine rings is 1. The van der Waals surface area contributed by atoms with Crippen molar-refractivity contribution in [3.63, 3.8) is 0 Å². The van der Waals surface area contributed by atoms with Crippen LogP contribution in [-0.4, -0.2) is 52.8 Å². The summed E-state index contributed by atoms with van der Waals surface area (Å²) in [5.41, 5.74) is 6.68. The van der Waals surface area contributed by atoms with Crippen LogP contribution in [0.3, 0.4) is 0 Å². The van der Waals surface area contributed by atoms with Crippen LogP contribution in [0, 0.1) is 18.8 Å². The molecule has 2 atom stereocenters. The van der Waals surface area contributed by atoms with Crippen molar-refractivity contribution in [2.24, 2.45) is 11.8 Å². The molecule has 2 aromatic rings. The lowest BCUT2D eigenvalue weighted by Crippen LogP contribution is -2.42. The van der Waals surface area contributed by atoms with Crippen LogP contribution in [0.2, 0.25) is 0 Å². The van der Waals surface area contributed by atoms with Crippen molar-refractivity contribution in [2.75, 3.05) is 26.2 Å². The molecular formula is C27H29Br2N3O2. The van der Waals surface area contributed by atoms with Crippen molar-refractivity contribution >= 4 is 43.7 Å². The maximum atomic E-state index is 13.0. The van der Waals surface area contributed by atoms with Gasteiger partial charge in [0.2, 0.25) is 11.8 Å². The molecule has 2 aliphatic heterocycles. The summed E-state index contributed by atoms with van der Waals surface area (Å²) in [7, 11) is 0. The quantitative estimate of drug-likeness (QED) is 0.508. The van der Waals surface area contributed by atoms with E-state index in [-0.39, 0.29) is 23.8 Å². The monoisotopic (exact) mass is 585 g/mol. The van der Waals surface area contributed by atoms with E-state index in [1.54, 1.807) is 4.90 Å². The van der Waals surface area contributed by atoms with Gasteiger partial charge in [-0.25, -0.2) is 0 Å². The molecule has 7 heteroatoms. The molecular weight excluding hydrogens is 558 g/mol. The molecule has 6 rings (SSSR count). The van der Waals surface area contributed by atoms with Crippen molar-refractivity contribution in [2.45, 2.75) is 50.9 Å². The number of nitrogens with zero attached hydrogens (tertiary/aromatic N) is 3. The number of hydrogen-bond acceptors (Lipinski definition) is 3. The lowest BCUT2D eigenvalue weighted by atomic mass is 9.83. The molecule has 2 unspecified atom stereocenters. The molecule has 2 amide bonds. The van der Waals surface area contributed by atoms with Gasteiger partial charge in [0.05, 0.1) is 12.2 Å². The van der Waals surface area contributed by atoms with Crippen LogP contribution in [0.4, 0.5) is 0 Å². The van der Waals surface area contributed by atoms with Gasteiger partial charge in [-0.2, -0.15) is 0 Å². The molecule has 3 heterocycles. The Bertz CT molecular complexity index is 1180. The van der Waals surface area contributed by atoms with Gasteiger partial charge in [0.1, 0.15) is 0 Å². The minimum Gasteiger partial charge on any atom is -0.341 e.